The summed E-state index contributed by atoms with van der Waals surface area (Å²) in [5.41, 5.74) is -5.35. The SMILES string of the molecule is CC#CCCOS(=O)(=O)C(F)(F)F. The summed E-state index contributed by atoms with van der Waals surface area (Å²) in [6.45, 7) is 0.904. The van der Waals surface area contributed by atoms with Crippen LogP contribution >= 0.6 is 0 Å². The normalized spacial score (nSPS) is 12.0. The zero-order valence-corrected chi connectivity index (χ0v) is 7.50. The van der Waals surface area contributed by atoms with Crippen LogP contribution in [0.5, 0.6) is 0 Å². The monoisotopic (exact) mass is 216 g/mol. The fourth-order valence-electron chi connectivity index (χ4n) is 0.394. The van der Waals surface area contributed by atoms with Crippen molar-refractivity contribution in [3.8, 4) is 11.8 Å². The van der Waals surface area contributed by atoms with E-state index < -0.39 is 22.2 Å². The second-order valence-corrected chi connectivity index (χ2v) is 3.51. The lowest BCUT2D eigenvalue weighted by Gasteiger charge is -2.06. The molecule has 0 bridgehead atoms. The van der Waals surface area contributed by atoms with E-state index in [2.05, 4.69) is 16.0 Å². The summed E-state index contributed by atoms with van der Waals surface area (Å²) in [4.78, 5) is 0. The molecule has 3 nitrogen and oxygen atoms in total. The molecule has 7 heteroatoms. The van der Waals surface area contributed by atoms with Crippen LogP contribution in [-0.4, -0.2) is 20.5 Å². The molecule has 0 aromatic heterocycles. The Morgan fingerprint density at radius 1 is 1.38 bits per heavy atom. The summed E-state index contributed by atoms with van der Waals surface area (Å²) in [5, 5.41) is 0. The average molecular weight is 216 g/mol. The highest BCUT2D eigenvalue weighted by Crippen LogP contribution is 2.24. The first kappa shape index (κ1) is 12.3. The van der Waals surface area contributed by atoms with E-state index in [1.54, 1.807) is 0 Å². The van der Waals surface area contributed by atoms with E-state index in [0.717, 1.165) is 0 Å². The lowest BCUT2D eigenvalue weighted by atomic mass is 10.5. The molecule has 0 aromatic rings. The zero-order valence-electron chi connectivity index (χ0n) is 6.68. The summed E-state index contributed by atoms with van der Waals surface area (Å²) >= 11 is 0. The van der Waals surface area contributed by atoms with E-state index in [-0.39, 0.29) is 6.42 Å². The van der Waals surface area contributed by atoms with Crippen molar-refractivity contribution < 1.29 is 25.8 Å². The standard InChI is InChI=1S/C6H7F3O3S/c1-2-3-4-5-12-13(10,11)6(7,8)9/h4-5H2,1H3. The molecule has 13 heavy (non-hydrogen) atoms. The number of hydrogen-bond acceptors (Lipinski definition) is 3. The highest BCUT2D eigenvalue weighted by Gasteiger charge is 2.47. The molecule has 0 aliphatic heterocycles. The Morgan fingerprint density at radius 3 is 2.31 bits per heavy atom. The molecule has 0 rings (SSSR count). The van der Waals surface area contributed by atoms with Gasteiger partial charge in [-0.05, 0) is 6.92 Å². The van der Waals surface area contributed by atoms with E-state index in [4.69, 9.17) is 0 Å². The van der Waals surface area contributed by atoms with Crippen molar-refractivity contribution >= 4 is 10.1 Å². The van der Waals surface area contributed by atoms with Gasteiger partial charge < -0.3 is 0 Å². The molecule has 0 N–H and O–H groups in total. The summed E-state index contributed by atoms with van der Waals surface area (Å²) in [6.07, 6.45) is -0.0498. The average Bonchev–Trinajstić information content (AvgIpc) is 1.96. The van der Waals surface area contributed by atoms with Crippen molar-refractivity contribution in [3.05, 3.63) is 0 Å². The van der Waals surface area contributed by atoms with Crippen LogP contribution in [0.15, 0.2) is 0 Å². The quantitative estimate of drug-likeness (QED) is 0.309. The molecule has 0 amide bonds. The maximum atomic E-state index is 11.6. The number of hydrogen-bond donors (Lipinski definition) is 0. The van der Waals surface area contributed by atoms with Gasteiger partial charge in [0.25, 0.3) is 0 Å². The third-order valence-electron chi connectivity index (χ3n) is 0.926. The minimum absolute atomic E-state index is 0.0498. The Labute approximate surface area is 74.0 Å². The van der Waals surface area contributed by atoms with Gasteiger partial charge in [0.1, 0.15) is 0 Å². The van der Waals surface area contributed by atoms with Crippen LogP contribution in [0, 0.1) is 11.8 Å². The molecule has 0 saturated heterocycles. The lowest BCUT2D eigenvalue weighted by Crippen LogP contribution is -2.25. The van der Waals surface area contributed by atoms with Crippen molar-refractivity contribution in [3.63, 3.8) is 0 Å². The largest absolute Gasteiger partial charge is 0.523 e. The molecule has 0 aliphatic carbocycles. The molecule has 0 heterocycles. The van der Waals surface area contributed by atoms with E-state index in [0.29, 0.717) is 0 Å². The Morgan fingerprint density at radius 2 is 1.92 bits per heavy atom. The summed E-state index contributed by atoms with van der Waals surface area (Å²) in [6, 6.07) is 0. The molecule has 76 valence electrons. The summed E-state index contributed by atoms with van der Waals surface area (Å²) in [5.74, 6) is 4.75. The highest BCUT2D eigenvalue weighted by atomic mass is 32.2. The van der Waals surface area contributed by atoms with Crippen LogP contribution in [0.25, 0.3) is 0 Å². The second-order valence-electron chi connectivity index (χ2n) is 1.90. The summed E-state index contributed by atoms with van der Waals surface area (Å²) in [7, 11) is -5.45. The summed E-state index contributed by atoms with van der Waals surface area (Å²) < 4.78 is 58.9. The first-order valence-corrected chi connectivity index (χ1v) is 4.57. The Bertz CT molecular complexity index is 306. The number of halogens is 3. The third-order valence-corrected chi connectivity index (χ3v) is 1.97. The third kappa shape index (κ3) is 4.15. The molecular weight excluding hydrogens is 209 g/mol. The predicted octanol–water partition coefficient (Wildman–Crippen LogP) is 1.27. The van der Waals surface area contributed by atoms with E-state index in [1.807, 2.05) is 0 Å². The fraction of sp³-hybridized carbons (Fsp3) is 0.667. The van der Waals surface area contributed by atoms with Crippen molar-refractivity contribution in [1.29, 1.82) is 0 Å². The smallest absolute Gasteiger partial charge is 0.262 e. The van der Waals surface area contributed by atoms with Gasteiger partial charge in [0.2, 0.25) is 0 Å². The lowest BCUT2D eigenvalue weighted by molar-refractivity contribution is -0.0540. The second kappa shape index (κ2) is 4.48. The van der Waals surface area contributed by atoms with Gasteiger partial charge in [-0.2, -0.15) is 21.6 Å². The van der Waals surface area contributed by atoms with Gasteiger partial charge in [-0.1, -0.05) is 0 Å². The molecule has 0 fully saturated rings. The van der Waals surface area contributed by atoms with Gasteiger partial charge >= 0.3 is 15.6 Å². The van der Waals surface area contributed by atoms with Crippen molar-refractivity contribution in [2.75, 3.05) is 6.61 Å². The first-order chi connectivity index (χ1) is 5.81. The molecule has 0 saturated carbocycles. The van der Waals surface area contributed by atoms with Crippen LogP contribution in [0.2, 0.25) is 0 Å². The van der Waals surface area contributed by atoms with Crippen molar-refractivity contribution in [2.45, 2.75) is 18.9 Å². The minimum atomic E-state index is -5.45. The molecule has 0 atom stereocenters. The number of rotatable bonds is 3. The van der Waals surface area contributed by atoms with Gasteiger partial charge in [0.15, 0.2) is 0 Å². The fourth-order valence-corrected chi connectivity index (χ4v) is 0.831. The van der Waals surface area contributed by atoms with Gasteiger partial charge in [-0.15, -0.1) is 11.8 Å². The zero-order chi connectivity index (χ0) is 10.5. The van der Waals surface area contributed by atoms with Crippen LogP contribution in [0.1, 0.15) is 13.3 Å². The van der Waals surface area contributed by atoms with Crippen LogP contribution in [0.4, 0.5) is 13.2 Å². The molecule has 0 aliphatic rings. The van der Waals surface area contributed by atoms with E-state index in [9.17, 15) is 21.6 Å². The van der Waals surface area contributed by atoms with Gasteiger partial charge in [-0.3, -0.25) is 4.18 Å². The first-order valence-electron chi connectivity index (χ1n) is 3.16. The van der Waals surface area contributed by atoms with Crippen LogP contribution < -0.4 is 0 Å². The number of alkyl halides is 3. The topological polar surface area (TPSA) is 43.4 Å². The van der Waals surface area contributed by atoms with Gasteiger partial charge in [-0.25, -0.2) is 0 Å². The van der Waals surface area contributed by atoms with Gasteiger partial charge in [0, 0.05) is 6.42 Å². The Hall–Kier alpha value is -0.740. The minimum Gasteiger partial charge on any atom is -0.262 e. The Kier molecular flexibility index (Phi) is 4.23. The van der Waals surface area contributed by atoms with Crippen molar-refractivity contribution in [1.82, 2.24) is 0 Å². The van der Waals surface area contributed by atoms with E-state index >= 15 is 0 Å². The Balaban J connectivity index is 4.12. The highest BCUT2D eigenvalue weighted by molar-refractivity contribution is 7.87. The molecule has 0 aromatic carbocycles. The van der Waals surface area contributed by atoms with Gasteiger partial charge in [0.05, 0.1) is 6.61 Å². The van der Waals surface area contributed by atoms with Crippen LogP contribution in [0.3, 0.4) is 0 Å². The maximum Gasteiger partial charge on any atom is 0.523 e. The molecule has 0 unspecified atom stereocenters. The predicted molar refractivity (Wildman–Crippen MR) is 39.0 cm³/mol. The van der Waals surface area contributed by atoms with Crippen molar-refractivity contribution in [2.24, 2.45) is 0 Å². The molecular formula is C6H7F3O3S. The molecule has 0 radical (unpaired) electrons. The van der Waals surface area contributed by atoms with E-state index in [1.165, 1.54) is 6.92 Å². The molecule has 0 spiro atoms. The van der Waals surface area contributed by atoms with Crippen LogP contribution in [-0.2, 0) is 14.3 Å². The maximum absolute atomic E-state index is 11.6.